The summed E-state index contributed by atoms with van der Waals surface area (Å²) in [6.07, 6.45) is 0.606. The first-order chi connectivity index (χ1) is 28.7. The van der Waals surface area contributed by atoms with E-state index in [4.69, 9.17) is 10.5 Å². The highest BCUT2D eigenvalue weighted by Gasteiger charge is 2.43. The summed E-state index contributed by atoms with van der Waals surface area (Å²) in [6, 6.07) is 18.0. The van der Waals surface area contributed by atoms with Crippen LogP contribution < -0.4 is 32.3 Å². The number of primary amides is 1. The minimum atomic E-state index is -1.61. The third-order valence-corrected chi connectivity index (χ3v) is 10.5. The molecule has 4 rings (SSSR count). The van der Waals surface area contributed by atoms with Crippen molar-refractivity contribution in [2.45, 2.75) is 110 Å². The number of nitrogens with zero attached hydrogens (tertiary/aromatic N) is 1. The van der Waals surface area contributed by atoms with Crippen molar-refractivity contribution in [2.75, 3.05) is 17.2 Å². The number of unbranched alkanes of at least 4 members (excludes halogenated alkanes) is 1. The average molecular weight is 828 g/mol. The Morgan fingerprint density at radius 2 is 1.50 bits per heavy atom. The molecule has 16 nitrogen and oxygen atoms in total. The summed E-state index contributed by atoms with van der Waals surface area (Å²) in [5, 5.41) is 23.1. The van der Waals surface area contributed by atoms with E-state index in [0.717, 1.165) is 11.1 Å². The number of para-hydroxylation sites is 1. The number of nitrogens with two attached hydrogens (primary N) is 1. The van der Waals surface area contributed by atoms with Crippen molar-refractivity contribution >= 4 is 52.9 Å². The van der Waals surface area contributed by atoms with E-state index in [1.165, 1.54) is 4.90 Å². The second-order valence-corrected chi connectivity index (χ2v) is 15.1. The number of carbonyl (C=O) groups is 7. The number of likely N-dealkylation sites (tertiary alicyclic amines) is 1. The highest BCUT2D eigenvalue weighted by molar-refractivity contribution is 6.00. The molecule has 16 heteroatoms. The largest absolute Gasteiger partial charge is 0.481 e. The molecule has 1 aliphatic rings. The van der Waals surface area contributed by atoms with Gasteiger partial charge in [-0.2, -0.15) is 0 Å². The number of hydrogen-bond donors (Lipinski definition) is 7. The van der Waals surface area contributed by atoms with Crippen molar-refractivity contribution < 1.29 is 43.4 Å². The number of benzene rings is 3. The van der Waals surface area contributed by atoms with Gasteiger partial charge in [0.1, 0.15) is 24.2 Å². The lowest BCUT2D eigenvalue weighted by Crippen LogP contribution is -2.59. The Morgan fingerprint density at radius 1 is 0.833 bits per heavy atom. The number of carbonyl (C=O) groups excluding carboxylic acids is 6. The molecule has 3 aromatic rings. The summed E-state index contributed by atoms with van der Waals surface area (Å²) >= 11 is 0. The number of carboxylic acids is 1. The highest BCUT2D eigenvalue weighted by atomic mass is 16.5. The van der Waals surface area contributed by atoms with E-state index in [9.17, 15) is 38.7 Å². The Morgan fingerprint density at radius 3 is 2.13 bits per heavy atom. The summed E-state index contributed by atoms with van der Waals surface area (Å²) in [5.74, 6) is -5.34. The fourth-order valence-electron chi connectivity index (χ4n) is 6.80. The predicted octanol–water partition coefficient (Wildman–Crippen LogP) is 4.02. The molecule has 7 amide bonds. The first kappa shape index (κ1) is 46.4. The van der Waals surface area contributed by atoms with Gasteiger partial charge in [0.15, 0.2) is 0 Å². The Hall–Kier alpha value is -6.29. The molecule has 6 atom stereocenters. The van der Waals surface area contributed by atoms with Crippen LogP contribution in [0.2, 0.25) is 0 Å². The SMILES string of the molecule is CCCC[C@H](NC(=O)Cc1ccc(NC(=O)Nc2ccccc2C)cc1)C(=O)N[C@@H](CC(=O)O)C(=O)N[C@H](C(=O)N1CC(OCc2ccccc2)C[C@H]1C(N)=O)C(C)CC. The molecule has 0 spiro atoms. The Labute approximate surface area is 350 Å². The van der Waals surface area contributed by atoms with Crippen LogP contribution in [-0.4, -0.2) is 88.4 Å². The van der Waals surface area contributed by atoms with Crippen LogP contribution in [0.4, 0.5) is 16.2 Å². The van der Waals surface area contributed by atoms with Crippen LogP contribution in [0.5, 0.6) is 0 Å². The molecule has 1 saturated heterocycles. The van der Waals surface area contributed by atoms with Crippen molar-refractivity contribution in [3.05, 3.63) is 95.6 Å². The molecule has 322 valence electrons. The van der Waals surface area contributed by atoms with Crippen LogP contribution in [-0.2, 0) is 46.5 Å². The van der Waals surface area contributed by atoms with Crippen LogP contribution in [0.15, 0.2) is 78.9 Å². The van der Waals surface area contributed by atoms with Gasteiger partial charge >= 0.3 is 12.0 Å². The Kier molecular flexibility index (Phi) is 17.6. The highest BCUT2D eigenvalue weighted by Crippen LogP contribution is 2.25. The number of aryl methyl sites for hydroxylation is 1. The number of hydrogen-bond acceptors (Lipinski definition) is 8. The van der Waals surface area contributed by atoms with Crippen LogP contribution in [0.3, 0.4) is 0 Å². The van der Waals surface area contributed by atoms with E-state index in [2.05, 4.69) is 26.6 Å². The molecule has 0 aromatic heterocycles. The number of carboxylic acid groups (broad SMARTS) is 1. The third-order valence-electron chi connectivity index (χ3n) is 10.5. The molecule has 8 N–H and O–H groups in total. The maximum absolute atomic E-state index is 14.1. The second kappa shape index (κ2) is 22.8. The summed E-state index contributed by atoms with van der Waals surface area (Å²) in [7, 11) is 0. The molecular formula is C44H57N7O9. The number of anilines is 2. The van der Waals surface area contributed by atoms with Crippen molar-refractivity contribution in [2.24, 2.45) is 11.7 Å². The number of aliphatic carboxylic acids is 1. The maximum Gasteiger partial charge on any atom is 0.323 e. The lowest BCUT2D eigenvalue weighted by atomic mass is 9.96. The molecule has 0 bridgehead atoms. The van der Waals surface area contributed by atoms with E-state index in [1.54, 1.807) is 37.3 Å². The monoisotopic (exact) mass is 827 g/mol. The molecule has 0 saturated carbocycles. The predicted molar refractivity (Wildman–Crippen MR) is 225 cm³/mol. The molecule has 0 aliphatic carbocycles. The lowest BCUT2D eigenvalue weighted by Gasteiger charge is -2.32. The molecule has 3 aromatic carbocycles. The zero-order valence-electron chi connectivity index (χ0n) is 34.6. The van der Waals surface area contributed by atoms with Crippen molar-refractivity contribution in [3.63, 3.8) is 0 Å². The smallest absolute Gasteiger partial charge is 0.323 e. The first-order valence-corrected chi connectivity index (χ1v) is 20.3. The number of amides is 7. The van der Waals surface area contributed by atoms with Crippen molar-refractivity contribution in [1.82, 2.24) is 20.9 Å². The Bertz CT molecular complexity index is 1960. The van der Waals surface area contributed by atoms with E-state index in [1.807, 2.05) is 69.3 Å². The first-order valence-electron chi connectivity index (χ1n) is 20.3. The molecule has 1 fully saturated rings. The quantitative estimate of drug-likeness (QED) is 0.0820. The normalized spacial score (nSPS) is 16.7. The minimum Gasteiger partial charge on any atom is -0.481 e. The Balaban J connectivity index is 1.40. The number of urea groups is 1. The molecular weight excluding hydrogens is 771 g/mol. The van der Waals surface area contributed by atoms with Gasteiger partial charge in [0.25, 0.3) is 0 Å². The molecule has 60 heavy (non-hydrogen) atoms. The van der Waals surface area contributed by atoms with E-state index in [-0.39, 0.29) is 32.4 Å². The topological polar surface area (TPSA) is 238 Å². The second-order valence-electron chi connectivity index (χ2n) is 15.1. The van der Waals surface area contributed by atoms with Crippen LogP contribution >= 0.6 is 0 Å². The summed E-state index contributed by atoms with van der Waals surface area (Å²) < 4.78 is 6.02. The summed E-state index contributed by atoms with van der Waals surface area (Å²) in [6.45, 7) is 7.62. The number of ether oxygens (including phenoxy) is 1. The zero-order chi connectivity index (χ0) is 43.8. The summed E-state index contributed by atoms with van der Waals surface area (Å²) in [5.41, 5.74) is 9.29. The maximum atomic E-state index is 14.1. The number of rotatable bonds is 21. The zero-order valence-corrected chi connectivity index (χ0v) is 34.6. The van der Waals surface area contributed by atoms with E-state index >= 15 is 0 Å². The molecule has 2 unspecified atom stereocenters. The van der Waals surface area contributed by atoms with Crippen LogP contribution in [0.1, 0.15) is 76.0 Å². The van der Waals surface area contributed by atoms with Gasteiger partial charge < -0.3 is 47.1 Å². The third kappa shape index (κ3) is 13.9. The van der Waals surface area contributed by atoms with Gasteiger partial charge in [-0.15, -0.1) is 0 Å². The van der Waals surface area contributed by atoms with Gasteiger partial charge in [-0.25, -0.2) is 4.79 Å². The van der Waals surface area contributed by atoms with Crippen LogP contribution in [0.25, 0.3) is 0 Å². The van der Waals surface area contributed by atoms with Crippen molar-refractivity contribution in [3.8, 4) is 0 Å². The standard InChI is InChI=1S/C44H57N7O9/c1-5-7-16-34(47-37(52)22-29-18-20-31(21-19-29)46-44(59)49-33-17-12-11-13-28(33)4)41(56)48-35(24-38(53)54)42(57)50-39(27(3)6-2)43(58)51-25-32(23-36(51)40(45)55)60-26-30-14-9-8-10-15-30/h8-15,17-21,27,32,34-36,39H,5-7,16,22-26H2,1-4H3,(H2,45,55)(H,47,52)(H,48,56)(H,50,57)(H,53,54)(H2,46,49,59)/t27?,32?,34-,35-,36-,39-/m0/s1. The molecule has 1 aliphatic heterocycles. The van der Waals surface area contributed by atoms with Crippen LogP contribution in [0, 0.1) is 12.8 Å². The average Bonchev–Trinajstić information content (AvgIpc) is 3.66. The van der Waals surface area contributed by atoms with Gasteiger partial charge in [0, 0.05) is 24.3 Å². The van der Waals surface area contributed by atoms with E-state index < -0.39 is 84.1 Å². The fraction of sp³-hybridized carbons (Fsp3) is 0.432. The number of nitrogens with one attached hydrogen (secondary N) is 5. The van der Waals surface area contributed by atoms with E-state index in [0.29, 0.717) is 36.2 Å². The van der Waals surface area contributed by atoms with Gasteiger partial charge in [-0.1, -0.05) is 101 Å². The van der Waals surface area contributed by atoms with Gasteiger partial charge in [0.2, 0.25) is 29.5 Å². The minimum absolute atomic E-state index is 0.0445. The lowest BCUT2D eigenvalue weighted by molar-refractivity contribution is -0.144. The molecule has 0 radical (unpaired) electrons. The van der Waals surface area contributed by atoms with Crippen molar-refractivity contribution in [1.29, 1.82) is 0 Å². The summed E-state index contributed by atoms with van der Waals surface area (Å²) in [4.78, 5) is 93.1. The van der Waals surface area contributed by atoms with Gasteiger partial charge in [-0.05, 0) is 54.2 Å². The molecule has 1 heterocycles. The fourth-order valence-corrected chi connectivity index (χ4v) is 6.80. The van der Waals surface area contributed by atoms with Gasteiger partial charge in [-0.3, -0.25) is 28.8 Å². The van der Waals surface area contributed by atoms with Gasteiger partial charge in [0.05, 0.1) is 25.6 Å².